The van der Waals surface area contributed by atoms with Gasteiger partial charge in [0.25, 0.3) is 23.6 Å². The highest BCUT2D eigenvalue weighted by Gasteiger charge is 2.26. The number of likely N-dealkylation sites (N-methyl/N-ethyl adjacent to an activating group) is 4. The number of benzene rings is 4. The van der Waals surface area contributed by atoms with Gasteiger partial charge in [-0.2, -0.15) is 0 Å². The van der Waals surface area contributed by atoms with E-state index in [1.165, 1.54) is 0 Å². The Hall–Kier alpha value is -6.04. The van der Waals surface area contributed by atoms with Crippen molar-refractivity contribution in [2.24, 2.45) is 0 Å². The van der Waals surface area contributed by atoms with Crippen LogP contribution in [0.3, 0.4) is 0 Å². The minimum absolute atomic E-state index is 0.114. The van der Waals surface area contributed by atoms with Crippen LogP contribution in [-0.2, 0) is 44.9 Å². The SMILES string of the molecule is CCN(CC)C(=O)COc1c2cc(C)cc1Cc1cc(C)cc(c1OCC(=O)N(CC)CC)Cc1cc(C)cc(c1OCC(=O)N(CC)CC)Cc1cc(C)cc(c1OCC(=O)N(CC)CC)C2. The van der Waals surface area contributed by atoms with Crippen molar-refractivity contribution in [3.63, 3.8) is 0 Å². The fourth-order valence-electron chi connectivity index (χ4n) is 9.53. The molecule has 1 aliphatic carbocycles. The maximum Gasteiger partial charge on any atom is 0.260 e. The van der Waals surface area contributed by atoms with Crippen molar-refractivity contribution in [3.05, 3.63) is 115 Å². The smallest absolute Gasteiger partial charge is 0.260 e. The van der Waals surface area contributed by atoms with Crippen LogP contribution in [0.1, 0.15) is 122 Å². The van der Waals surface area contributed by atoms with E-state index < -0.39 is 0 Å². The number of hydrogen-bond donors (Lipinski definition) is 0. The van der Waals surface area contributed by atoms with Gasteiger partial charge in [0, 0.05) is 78.0 Å². The summed E-state index contributed by atoms with van der Waals surface area (Å²) < 4.78 is 26.9. The number of aryl methyl sites for hydroxylation is 4. The van der Waals surface area contributed by atoms with E-state index in [0.29, 0.717) is 101 Å². The fourth-order valence-corrected chi connectivity index (χ4v) is 9.53. The van der Waals surface area contributed by atoms with Gasteiger partial charge in [-0.05, 0) is 128 Å². The minimum atomic E-state index is -0.153. The summed E-state index contributed by atoms with van der Waals surface area (Å²) in [5.74, 6) is 1.93. The standard InChI is InChI=1S/C56H76N4O8/c1-13-57(14-2)49(61)33-65-53-41-21-37(9)22-42(53)30-44-24-39(11)26-46(55(44)67-35-51(63)59(17-5)18-6)32-48-28-40(12)27-47(56(48)68-36-52(64)60(19-7)20-8)31-45-25-38(10)23-43(29-41)54(45)66-34-50(62)58(15-3)16-4/h21-28H,13-20,29-36H2,1-12H3. The van der Waals surface area contributed by atoms with E-state index in [0.717, 1.165) is 66.8 Å². The van der Waals surface area contributed by atoms with Crippen molar-refractivity contribution in [1.82, 2.24) is 19.6 Å². The predicted molar refractivity (Wildman–Crippen MR) is 270 cm³/mol. The molecule has 8 bridgehead atoms. The Balaban J connectivity index is 1.84. The molecule has 0 spiro atoms. The quantitative estimate of drug-likeness (QED) is 0.0763. The maximum absolute atomic E-state index is 13.6. The van der Waals surface area contributed by atoms with E-state index in [9.17, 15) is 19.2 Å². The van der Waals surface area contributed by atoms with Gasteiger partial charge in [-0.25, -0.2) is 0 Å². The highest BCUT2D eigenvalue weighted by atomic mass is 16.5. The number of ether oxygens (including phenoxy) is 4. The lowest BCUT2D eigenvalue weighted by atomic mass is 9.88. The topological polar surface area (TPSA) is 118 Å². The second-order valence-electron chi connectivity index (χ2n) is 17.8. The van der Waals surface area contributed by atoms with Crippen LogP contribution in [0.25, 0.3) is 0 Å². The summed E-state index contributed by atoms with van der Waals surface area (Å²) in [5, 5.41) is 0. The normalized spacial score (nSPS) is 11.9. The second kappa shape index (κ2) is 24.8. The summed E-state index contributed by atoms with van der Waals surface area (Å²) in [6.45, 7) is 27.8. The number of nitrogens with zero attached hydrogens (tertiary/aromatic N) is 4. The summed E-state index contributed by atoms with van der Waals surface area (Å²) in [7, 11) is 0. The van der Waals surface area contributed by atoms with Gasteiger partial charge in [-0.15, -0.1) is 0 Å². The molecule has 0 aromatic heterocycles. The Bertz CT molecular complexity index is 1990. The number of fused-ring (bicyclic) bond motifs is 8. The van der Waals surface area contributed by atoms with Crippen molar-refractivity contribution in [1.29, 1.82) is 0 Å². The van der Waals surface area contributed by atoms with Crippen molar-refractivity contribution in [3.8, 4) is 23.0 Å². The zero-order valence-electron chi connectivity index (χ0n) is 43.0. The summed E-state index contributed by atoms with van der Waals surface area (Å²) >= 11 is 0. The molecule has 0 unspecified atom stereocenters. The molecule has 1 aliphatic rings. The van der Waals surface area contributed by atoms with Gasteiger partial charge in [0.1, 0.15) is 23.0 Å². The molecule has 12 heteroatoms. The first-order chi connectivity index (χ1) is 32.6. The van der Waals surface area contributed by atoms with Gasteiger partial charge >= 0.3 is 0 Å². The monoisotopic (exact) mass is 933 g/mol. The van der Waals surface area contributed by atoms with Gasteiger partial charge < -0.3 is 38.5 Å². The zero-order chi connectivity index (χ0) is 49.7. The molecular weight excluding hydrogens is 857 g/mol. The number of carbonyl (C=O) groups excluding carboxylic acids is 4. The third kappa shape index (κ3) is 13.1. The van der Waals surface area contributed by atoms with Crippen LogP contribution >= 0.6 is 0 Å². The average molecular weight is 933 g/mol. The first-order valence-corrected chi connectivity index (χ1v) is 24.7. The predicted octanol–water partition coefficient (Wildman–Crippen LogP) is 8.59. The molecule has 0 radical (unpaired) electrons. The molecule has 0 saturated carbocycles. The van der Waals surface area contributed by atoms with Crippen LogP contribution in [-0.4, -0.2) is 122 Å². The van der Waals surface area contributed by atoms with Crippen LogP contribution in [0.15, 0.2) is 48.5 Å². The largest absolute Gasteiger partial charge is 0.483 e. The summed E-state index contributed by atoms with van der Waals surface area (Å²) in [6, 6.07) is 16.8. The Morgan fingerprint density at radius 1 is 0.324 bits per heavy atom. The molecule has 368 valence electrons. The van der Waals surface area contributed by atoms with E-state index in [2.05, 4.69) is 76.2 Å². The lowest BCUT2D eigenvalue weighted by Gasteiger charge is -2.25. The van der Waals surface area contributed by atoms with Crippen LogP contribution in [0.4, 0.5) is 0 Å². The molecule has 0 fully saturated rings. The Morgan fingerprint density at radius 3 is 0.603 bits per heavy atom. The van der Waals surface area contributed by atoms with E-state index >= 15 is 0 Å². The van der Waals surface area contributed by atoms with Crippen molar-refractivity contribution >= 4 is 23.6 Å². The number of rotatable bonds is 20. The van der Waals surface area contributed by atoms with Crippen LogP contribution in [0, 0.1) is 27.7 Å². The van der Waals surface area contributed by atoms with E-state index in [1.54, 1.807) is 19.6 Å². The van der Waals surface area contributed by atoms with E-state index in [1.807, 2.05) is 55.4 Å². The Morgan fingerprint density at radius 2 is 0.471 bits per heavy atom. The minimum Gasteiger partial charge on any atom is -0.483 e. The van der Waals surface area contributed by atoms with Crippen molar-refractivity contribution in [2.45, 2.75) is 109 Å². The molecule has 0 N–H and O–H groups in total. The average Bonchev–Trinajstić information content (AvgIpc) is 3.29. The van der Waals surface area contributed by atoms with E-state index in [4.69, 9.17) is 18.9 Å². The molecule has 0 saturated heterocycles. The molecule has 5 rings (SSSR count). The van der Waals surface area contributed by atoms with Gasteiger partial charge in [0.15, 0.2) is 26.4 Å². The van der Waals surface area contributed by atoms with Crippen molar-refractivity contribution in [2.75, 3.05) is 78.8 Å². The summed E-state index contributed by atoms with van der Waals surface area (Å²) in [5.41, 5.74) is 10.9. The third-order valence-electron chi connectivity index (χ3n) is 12.9. The lowest BCUT2D eigenvalue weighted by molar-refractivity contribution is -0.133. The molecule has 4 amide bonds. The highest BCUT2D eigenvalue weighted by molar-refractivity contribution is 5.79. The summed E-state index contributed by atoms with van der Waals surface area (Å²) in [4.78, 5) is 61.6. The molecule has 0 heterocycles. The number of amides is 4. The molecule has 0 atom stereocenters. The Kier molecular flexibility index (Phi) is 19.3. The first-order valence-electron chi connectivity index (χ1n) is 24.7. The van der Waals surface area contributed by atoms with Gasteiger partial charge in [-0.1, -0.05) is 70.8 Å². The van der Waals surface area contributed by atoms with Gasteiger partial charge in [0.05, 0.1) is 0 Å². The molecule has 4 aromatic carbocycles. The fraction of sp³-hybridized carbons (Fsp3) is 0.500. The maximum atomic E-state index is 13.6. The highest BCUT2D eigenvalue weighted by Crippen LogP contribution is 2.41. The molecule has 4 aromatic rings. The zero-order valence-corrected chi connectivity index (χ0v) is 43.0. The first kappa shape index (κ1) is 52.9. The third-order valence-corrected chi connectivity index (χ3v) is 12.9. The molecule has 68 heavy (non-hydrogen) atoms. The van der Waals surface area contributed by atoms with Gasteiger partial charge in [-0.3, -0.25) is 19.2 Å². The molecule has 0 aliphatic heterocycles. The second-order valence-corrected chi connectivity index (χ2v) is 17.8. The summed E-state index contributed by atoms with van der Waals surface area (Å²) in [6.07, 6.45) is 1.48. The van der Waals surface area contributed by atoms with E-state index in [-0.39, 0.29) is 50.1 Å². The molecular formula is C56H76N4O8. The molecule has 12 nitrogen and oxygen atoms in total. The van der Waals surface area contributed by atoms with Crippen LogP contribution < -0.4 is 18.9 Å². The Labute approximate surface area is 405 Å². The van der Waals surface area contributed by atoms with Crippen LogP contribution in [0.2, 0.25) is 0 Å². The van der Waals surface area contributed by atoms with Crippen molar-refractivity contribution < 1.29 is 38.1 Å². The van der Waals surface area contributed by atoms with Gasteiger partial charge in [0.2, 0.25) is 0 Å². The number of carbonyl (C=O) groups is 4. The lowest BCUT2D eigenvalue weighted by Crippen LogP contribution is -2.35. The number of hydrogen-bond acceptors (Lipinski definition) is 8. The van der Waals surface area contributed by atoms with Crippen LogP contribution in [0.5, 0.6) is 23.0 Å².